The molecule has 4 heterocycles. The van der Waals surface area contributed by atoms with E-state index in [9.17, 15) is 13.2 Å². The highest BCUT2D eigenvalue weighted by Crippen LogP contribution is 2.47. The van der Waals surface area contributed by atoms with Crippen LogP contribution < -0.4 is 0 Å². The molecule has 0 bridgehead atoms. The van der Waals surface area contributed by atoms with Crippen molar-refractivity contribution in [3.63, 3.8) is 0 Å². The van der Waals surface area contributed by atoms with Gasteiger partial charge in [-0.05, 0) is 18.6 Å². The number of hydrogen-bond donors (Lipinski definition) is 0. The van der Waals surface area contributed by atoms with Crippen LogP contribution in [0.4, 0.5) is 13.2 Å². The molecule has 1 unspecified atom stereocenters. The van der Waals surface area contributed by atoms with Crippen LogP contribution in [0.1, 0.15) is 24.0 Å². The average molecular weight is 410 g/mol. The third-order valence-corrected chi connectivity index (χ3v) is 4.81. The maximum atomic E-state index is 14.1. The van der Waals surface area contributed by atoms with Crippen LogP contribution in [0, 0.1) is 0 Å². The molecule has 0 aromatic carbocycles. The largest absolute Gasteiger partial charge is 0.404 e. The average Bonchev–Trinajstić information content (AvgIpc) is 3.42. The van der Waals surface area contributed by atoms with Gasteiger partial charge in [-0.25, -0.2) is 0 Å². The minimum atomic E-state index is -4.57. The summed E-state index contributed by atoms with van der Waals surface area (Å²) in [5.74, 6) is 0.191. The second kappa shape index (κ2) is 7.52. The number of halogens is 3. The molecule has 4 rings (SSSR count). The van der Waals surface area contributed by atoms with Gasteiger partial charge in [-0.3, -0.25) is 9.88 Å². The fraction of sp³-hybridized carbons (Fsp3) is 0.471. The Labute approximate surface area is 162 Å². The Kier molecular flexibility index (Phi) is 5.04. The van der Waals surface area contributed by atoms with Crippen LogP contribution >= 0.6 is 0 Å². The molecule has 29 heavy (non-hydrogen) atoms. The highest BCUT2D eigenvalue weighted by atomic mass is 19.4. The van der Waals surface area contributed by atoms with Crippen molar-refractivity contribution in [2.45, 2.75) is 31.2 Å². The van der Waals surface area contributed by atoms with Gasteiger partial charge in [0.05, 0.1) is 6.54 Å². The summed E-state index contributed by atoms with van der Waals surface area (Å²) >= 11 is 0. The minimum absolute atomic E-state index is 0.0832. The third-order valence-electron chi connectivity index (χ3n) is 4.81. The number of ether oxygens (including phenoxy) is 1. The zero-order valence-electron chi connectivity index (χ0n) is 15.4. The number of aromatic nitrogens is 5. The van der Waals surface area contributed by atoms with Gasteiger partial charge >= 0.3 is 6.18 Å². The maximum absolute atomic E-state index is 14.1. The molecule has 1 atom stereocenters. The van der Waals surface area contributed by atoms with E-state index in [4.69, 9.17) is 13.8 Å². The summed E-state index contributed by atoms with van der Waals surface area (Å²) in [4.78, 5) is 13.6. The first-order valence-corrected chi connectivity index (χ1v) is 8.75. The van der Waals surface area contributed by atoms with Gasteiger partial charge in [0.2, 0.25) is 17.6 Å². The molecule has 154 valence electrons. The fourth-order valence-corrected chi connectivity index (χ4v) is 3.32. The Morgan fingerprint density at radius 2 is 1.97 bits per heavy atom. The molecule has 1 aliphatic rings. The molecule has 9 nitrogen and oxygen atoms in total. The van der Waals surface area contributed by atoms with E-state index >= 15 is 0 Å². The number of pyridine rings is 1. The van der Waals surface area contributed by atoms with E-state index < -0.39 is 17.5 Å². The summed E-state index contributed by atoms with van der Waals surface area (Å²) in [6.07, 6.45) is -1.78. The fourth-order valence-electron chi connectivity index (χ4n) is 3.32. The van der Waals surface area contributed by atoms with Crippen LogP contribution in [0.25, 0.3) is 11.4 Å². The van der Waals surface area contributed by atoms with Crippen LogP contribution in [0.2, 0.25) is 0 Å². The Balaban J connectivity index is 1.56. The van der Waals surface area contributed by atoms with Crippen molar-refractivity contribution in [3.05, 3.63) is 42.1 Å². The zero-order valence-corrected chi connectivity index (χ0v) is 15.4. The van der Waals surface area contributed by atoms with Crippen molar-refractivity contribution in [1.82, 2.24) is 30.2 Å². The molecular weight excluding hydrogens is 393 g/mol. The zero-order chi connectivity index (χ0) is 20.5. The number of hydrogen-bond acceptors (Lipinski definition) is 9. The number of rotatable bonds is 6. The maximum Gasteiger partial charge on any atom is 0.404 e. The summed E-state index contributed by atoms with van der Waals surface area (Å²) in [7, 11) is 1.48. The first kappa shape index (κ1) is 19.5. The molecule has 0 amide bonds. The molecule has 1 saturated heterocycles. The second-order valence-corrected chi connectivity index (χ2v) is 6.74. The van der Waals surface area contributed by atoms with Crippen LogP contribution in [-0.4, -0.2) is 56.5 Å². The number of alkyl halides is 3. The standard InChI is InChI=1S/C17H17F3N6O3/c1-27-9-12-22-13(28-24-12)8-26-7-4-16(10-26,17(18,19)20)15-23-14(25-29-15)11-2-5-21-6-3-11/h2-3,5-6H,4,7-10H2,1H3. The molecule has 3 aromatic heterocycles. The lowest BCUT2D eigenvalue weighted by Crippen LogP contribution is -2.45. The van der Waals surface area contributed by atoms with E-state index in [1.807, 2.05) is 0 Å². The lowest BCUT2D eigenvalue weighted by molar-refractivity contribution is -0.194. The van der Waals surface area contributed by atoms with E-state index in [1.54, 1.807) is 17.0 Å². The smallest absolute Gasteiger partial charge is 0.377 e. The number of nitrogens with zero attached hydrogens (tertiary/aromatic N) is 6. The summed E-state index contributed by atoms with van der Waals surface area (Å²) in [6.45, 7) is 0.0561. The van der Waals surface area contributed by atoms with Gasteiger partial charge in [0.15, 0.2) is 11.2 Å². The first-order chi connectivity index (χ1) is 13.9. The van der Waals surface area contributed by atoms with Gasteiger partial charge in [-0.1, -0.05) is 10.3 Å². The molecular formula is C17H17F3N6O3. The lowest BCUT2D eigenvalue weighted by atomic mass is 9.86. The highest BCUT2D eigenvalue weighted by Gasteiger charge is 2.62. The second-order valence-electron chi connectivity index (χ2n) is 6.74. The van der Waals surface area contributed by atoms with E-state index in [2.05, 4.69) is 25.3 Å². The summed E-state index contributed by atoms with van der Waals surface area (Å²) in [6, 6.07) is 3.20. The van der Waals surface area contributed by atoms with Gasteiger partial charge in [0.25, 0.3) is 0 Å². The van der Waals surface area contributed by atoms with E-state index in [1.165, 1.54) is 19.5 Å². The number of methoxy groups -OCH3 is 1. The summed E-state index contributed by atoms with van der Waals surface area (Å²) < 4.78 is 57.3. The van der Waals surface area contributed by atoms with Gasteiger partial charge in [-0.15, -0.1) is 0 Å². The quantitative estimate of drug-likeness (QED) is 0.606. The molecule has 12 heteroatoms. The van der Waals surface area contributed by atoms with E-state index in [0.29, 0.717) is 11.4 Å². The SMILES string of the molecule is COCc1noc(CN2CCC(c3nc(-c4ccncc4)no3)(C(F)(F)F)C2)n1. The summed E-state index contributed by atoms with van der Waals surface area (Å²) in [5.41, 5.74) is -1.74. The predicted molar refractivity (Wildman–Crippen MR) is 90.2 cm³/mol. The molecule has 0 spiro atoms. The highest BCUT2D eigenvalue weighted by molar-refractivity contribution is 5.52. The van der Waals surface area contributed by atoms with Crippen molar-refractivity contribution >= 4 is 0 Å². The lowest BCUT2D eigenvalue weighted by Gasteiger charge is -2.27. The molecule has 0 N–H and O–H groups in total. The minimum Gasteiger partial charge on any atom is -0.377 e. The Morgan fingerprint density at radius 1 is 1.17 bits per heavy atom. The normalized spacial score (nSPS) is 20.4. The first-order valence-electron chi connectivity index (χ1n) is 8.75. The Hall–Kier alpha value is -2.86. The van der Waals surface area contributed by atoms with Crippen LogP contribution in [0.5, 0.6) is 0 Å². The van der Waals surface area contributed by atoms with Crippen molar-refractivity contribution in [3.8, 4) is 11.4 Å². The van der Waals surface area contributed by atoms with Gasteiger partial charge in [-0.2, -0.15) is 23.1 Å². The third kappa shape index (κ3) is 3.72. The molecule has 1 fully saturated rings. The number of likely N-dealkylation sites (tertiary alicyclic amines) is 1. The Morgan fingerprint density at radius 3 is 2.69 bits per heavy atom. The van der Waals surface area contributed by atoms with Crippen molar-refractivity contribution in [2.75, 3.05) is 20.2 Å². The molecule has 0 radical (unpaired) electrons. The van der Waals surface area contributed by atoms with Gasteiger partial charge < -0.3 is 13.8 Å². The van der Waals surface area contributed by atoms with Crippen LogP contribution in [0.15, 0.2) is 33.6 Å². The van der Waals surface area contributed by atoms with Crippen molar-refractivity contribution < 1.29 is 27.0 Å². The Bertz CT molecular complexity index is 961. The summed E-state index contributed by atoms with van der Waals surface area (Å²) in [5, 5.41) is 7.46. The van der Waals surface area contributed by atoms with Crippen molar-refractivity contribution in [1.29, 1.82) is 0 Å². The van der Waals surface area contributed by atoms with E-state index in [-0.39, 0.29) is 44.4 Å². The van der Waals surface area contributed by atoms with Crippen molar-refractivity contribution in [2.24, 2.45) is 0 Å². The molecule has 0 aliphatic carbocycles. The molecule has 1 aliphatic heterocycles. The topological polar surface area (TPSA) is 103 Å². The van der Waals surface area contributed by atoms with Gasteiger partial charge in [0, 0.05) is 38.2 Å². The predicted octanol–water partition coefficient (Wildman–Crippen LogP) is 2.37. The van der Waals surface area contributed by atoms with E-state index in [0.717, 1.165) is 0 Å². The van der Waals surface area contributed by atoms with Gasteiger partial charge in [0.1, 0.15) is 6.61 Å². The molecule has 3 aromatic rings. The van der Waals surface area contributed by atoms with Crippen LogP contribution in [-0.2, 0) is 23.3 Å². The monoisotopic (exact) mass is 410 g/mol. The molecule has 0 saturated carbocycles. The van der Waals surface area contributed by atoms with Crippen LogP contribution in [0.3, 0.4) is 0 Å².